The molecule has 2 aromatic rings. The fraction of sp³-hybridized carbons (Fsp3) is 0.364. The molecule has 1 N–H and O–H groups in total. The van der Waals surface area contributed by atoms with Gasteiger partial charge in [0, 0.05) is 13.0 Å². The van der Waals surface area contributed by atoms with Gasteiger partial charge in [-0.25, -0.2) is 10.5 Å². The van der Waals surface area contributed by atoms with E-state index in [0.29, 0.717) is 12.0 Å². The van der Waals surface area contributed by atoms with Gasteiger partial charge in [0.2, 0.25) is 5.91 Å². The molecule has 0 radical (unpaired) electrons. The van der Waals surface area contributed by atoms with E-state index in [2.05, 4.69) is 10.5 Å². The maximum absolute atomic E-state index is 12.0. The van der Waals surface area contributed by atoms with Gasteiger partial charge in [-0.15, -0.1) is 11.3 Å². The number of thiophene rings is 1. The van der Waals surface area contributed by atoms with Gasteiger partial charge in [0.15, 0.2) is 0 Å². The zero-order chi connectivity index (χ0) is 13.0. The Morgan fingerprint density at radius 1 is 1.61 bits per heavy atom. The highest BCUT2D eigenvalue weighted by molar-refractivity contribution is 7.16. The molecule has 0 unspecified atom stereocenters. The smallest absolute Gasteiger partial charge is 0.262 e. The molecule has 2 heterocycles. The predicted molar refractivity (Wildman–Crippen MR) is 68.3 cm³/mol. The highest BCUT2D eigenvalue weighted by atomic mass is 32.1. The summed E-state index contributed by atoms with van der Waals surface area (Å²) in [5, 5.41) is 2.42. The van der Waals surface area contributed by atoms with Gasteiger partial charge in [-0.1, -0.05) is 0 Å². The maximum Gasteiger partial charge on any atom is 0.262 e. The molecule has 2 rings (SSSR count). The molecule has 0 saturated carbocycles. The number of carbonyl (C=O) groups is 1. The van der Waals surface area contributed by atoms with E-state index in [9.17, 15) is 9.59 Å². The van der Waals surface area contributed by atoms with Crippen LogP contribution in [0, 0.1) is 0 Å². The van der Waals surface area contributed by atoms with Crippen molar-refractivity contribution < 1.29 is 9.63 Å². The third kappa shape index (κ3) is 2.74. The van der Waals surface area contributed by atoms with Crippen molar-refractivity contribution in [2.45, 2.75) is 19.9 Å². The first-order valence-corrected chi connectivity index (χ1v) is 6.43. The molecule has 7 heteroatoms. The molecule has 0 fully saturated rings. The van der Waals surface area contributed by atoms with E-state index in [1.165, 1.54) is 22.2 Å². The van der Waals surface area contributed by atoms with E-state index in [1.807, 2.05) is 5.38 Å². The quantitative estimate of drug-likeness (QED) is 0.817. The number of aryl methyl sites for hydroxylation is 1. The SMILES string of the molecule is CCONC(=O)CCn1cnc2sccc2c1=O. The molecule has 96 valence electrons. The van der Waals surface area contributed by atoms with Crippen LogP contribution >= 0.6 is 11.3 Å². The fourth-order valence-corrected chi connectivity index (χ4v) is 2.20. The lowest BCUT2D eigenvalue weighted by molar-refractivity contribution is -0.133. The third-order valence-corrected chi connectivity index (χ3v) is 3.18. The lowest BCUT2D eigenvalue weighted by atomic mass is 10.3. The van der Waals surface area contributed by atoms with Gasteiger partial charge in [0.1, 0.15) is 4.83 Å². The molecule has 0 aliphatic rings. The van der Waals surface area contributed by atoms with Crippen LogP contribution in [0.2, 0.25) is 0 Å². The zero-order valence-electron chi connectivity index (χ0n) is 9.88. The van der Waals surface area contributed by atoms with Crippen LogP contribution in [0.25, 0.3) is 10.2 Å². The Kier molecular flexibility index (Phi) is 4.06. The summed E-state index contributed by atoms with van der Waals surface area (Å²) in [6.45, 7) is 2.48. The minimum absolute atomic E-state index is 0.120. The largest absolute Gasteiger partial charge is 0.298 e. The average Bonchev–Trinajstić information content (AvgIpc) is 2.84. The maximum atomic E-state index is 12.0. The van der Waals surface area contributed by atoms with E-state index in [1.54, 1.807) is 13.0 Å². The number of amides is 1. The summed E-state index contributed by atoms with van der Waals surface area (Å²) < 4.78 is 1.43. The monoisotopic (exact) mass is 267 g/mol. The first kappa shape index (κ1) is 12.7. The molecule has 0 aromatic carbocycles. The van der Waals surface area contributed by atoms with E-state index in [4.69, 9.17) is 4.84 Å². The van der Waals surface area contributed by atoms with Crippen LogP contribution in [0.1, 0.15) is 13.3 Å². The number of carbonyl (C=O) groups excluding carboxylic acids is 1. The number of nitrogens with zero attached hydrogens (tertiary/aromatic N) is 2. The number of hydroxylamine groups is 1. The molecular formula is C11H13N3O3S. The van der Waals surface area contributed by atoms with Crippen LogP contribution in [0.5, 0.6) is 0 Å². The number of hydrogen-bond donors (Lipinski definition) is 1. The topological polar surface area (TPSA) is 73.2 Å². The summed E-state index contributed by atoms with van der Waals surface area (Å²) in [4.78, 5) is 33.0. The van der Waals surface area contributed by atoms with Crippen molar-refractivity contribution >= 4 is 27.5 Å². The Hall–Kier alpha value is -1.73. The first-order chi connectivity index (χ1) is 8.72. The van der Waals surface area contributed by atoms with Crippen LogP contribution in [0.4, 0.5) is 0 Å². The van der Waals surface area contributed by atoms with Crippen molar-refractivity contribution in [2.24, 2.45) is 0 Å². The Labute approximate surface area is 107 Å². The Morgan fingerprint density at radius 3 is 3.22 bits per heavy atom. The van der Waals surface area contributed by atoms with Crippen LogP contribution in [0.15, 0.2) is 22.6 Å². The fourth-order valence-electron chi connectivity index (χ4n) is 1.48. The normalized spacial score (nSPS) is 10.7. The van der Waals surface area contributed by atoms with Gasteiger partial charge in [-0.05, 0) is 18.4 Å². The second-order valence-corrected chi connectivity index (χ2v) is 4.49. The predicted octanol–water partition coefficient (Wildman–Crippen LogP) is 0.916. The summed E-state index contributed by atoms with van der Waals surface area (Å²) >= 11 is 1.42. The van der Waals surface area contributed by atoms with Gasteiger partial charge in [-0.2, -0.15) is 0 Å². The second-order valence-electron chi connectivity index (χ2n) is 3.59. The van der Waals surface area contributed by atoms with E-state index >= 15 is 0 Å². The Balaban J connectivity index is 2.06. The summed E-state index contributed by atoms with van der Waals surface area (Å²) in [7, 11) is 0. The molecule has 0 aliphatic heterocycles. The van der Waals surface area contributed by atoms with Crippen LogP contribution in [-0.2, 0) is 16.2 Å². The van der Waals surface area contributed by atoms with E-state index < -0.39 is 0 Å². The summed E-state index contributed by atoms with van der Waals surface area (Å²) in [5.41, 5.74) is 2.16. The molecule has 0 bridgehead atoms. The van der Waals surface area contributed by atoms with Gasteiger partial charge in [0.25, 0.3) is 5.56 Å². The van der Waals surface area contributed by atoms with Gasteiger partial charge in [-0.3, -0.25) is 19.0 Å². The zero-order valence-corrected chi connectivity index (χ0v) is 10.7. The molecule has 6 nitrogen and oxygen atoms in total. The standard InChI is InChI=1S/C11H13N3O3S/c1-2-17-13-9(15)3-5-14-7-12-10-8(11(14)16)4-6-18-10/h4,6-7H,2-3,5H2,1H3,(H,13,15). The minimum Gasteiger partial charge on any atom is -0.298 e. The van der Waals surface area contributed by atoms with Crippen molar-refractivity contribution in [2.75, 3.05) is 6.61 Å². The van der Waals surface area contributed by atoms with Crippen molar-refractivity contribution in [1.82, 2.24) is 15.0 Å². The Morgan fingerprint density at radius 2 is 2.44 bits per heavy atom. The van der Waals surface area contributed by atoms with E-state index in [-0.39, 0.29) is 24.4 Å². The molecule has 0 atom stereocenters. The molecule has 1 amide bonds. The molecular weight excluding hydrogens is 254 g/mol. The van der Waals surface area contributed by atoms with Crippen molar-refractivity contribution in [3.05, 3.63) is 28.1 Å². The lowest BCUT2D eigenvalue weighted by Gasteiger charge is -2.05. The molecule has 0 aliphatic carbocycles. The molecule has 18 heavy (non-hydrogen) atoms. The third-order valence-electron chi connectivity index (χ3n) is 2.36. The van der Waals surface area contributed by atoms with Crippen molar-refractivity contribution in [1.29, 1.82) is 0 Å². The van der Waals surface area contributed by atoms with E-state index in [0.717, 1.165) is 4.83 Å². The highest BCUT2D eigenvalue weighted by Crippen LogP contribution is 2.13. The van der Waals surface area contributed by atoms with Crippen molar-refractivity contribution in [3.63, 3.8) is 0 Å². The number of fused-ring (bicyclic) bond motifs is 1. The number of aromatic nitrogens is 2. The highest BCUT2D eigenvalue weighted by Gasteiger charge is 2.07. The first-order valence-electron chi connectivity index (χ1n) is 5.55. The number of rotatable bonds is 5. The number of hydrogen-bond acceptors (Lipinski definition) is 5. The van der Waals surface area contributed by atoms with Crippen molar-refractivity contribution in [3.8, 4) is 0 Å². The van der Waals surface area contributed by atoms with Crippen LogP contribution < -0.4 is 11.0 Å². The minimum atomic E-state index is -0.255. The lowest BCUT2D eigenvalue weighted by Crippen LogP contribution is -2.27. The van der Waals surface area contributed by atoms with Gasteiger partial charge in [0.05, 0.1) is 18.3 Å². The second kappa shape index (κ2) is 5.74. The van der Waals surface area contributed by atoms with Gasteiger partial charge >= 0.3 is 0 Å². The summed E-state index contributed by atoms with van der Waals surface area (Å²) in [5.74, 6) is -0.255. The van der Waals surface area contributed by atoms with Crippen LogP contribution in [0.3, 0.4) is 0 Å². The average molecular weight is 267 g/mol. The molecule has 0 spiro atoms. The van der Waals surface area contributed by atoms with Gasteiger partial charge < -0.3 is 0 Å². The Bertz CT molecular complexity index is 605. The van der Waals surface area contributed by atoms with Crippen LogP contribution in [-0.4, -0.2) is 22.1 Å². The summed E-state index contributed by atoms with van der Waals surface area (Å²) in [6.07, 6.45) is 1.65. The summed E-state index contributed by atoms with van der Waals surface area (Å²) in [6, 6.07) is 1.74. The molecule has 0 saturated heterocycles. The number of nitrogens with one attached hydrogen (secondary N) is 1. The molecule has 2 aromatic heterocycles.